The van der Waals surface area contributed by atoms with E-state index in [4.69, 9.17) is 10.2 Å². The molecule has 1 atom stereocenters. The molecule has 4 heteroatoms. The Bertz CT molecular complexity index is 276. The lowest BCUT2D eigenvalue weighted by atomic mass is 10.1. The summed E-state index contributed by atoms with van der Waals surface area (Å²) in [7, 11) is 0. The van der Waals surface area contributed by atoms with E-state index in [-0.39, 0.29) is 5.56 Å². The van der Waals surface area contributed by atoms with Crippen molar-refractivity contribution in [3.8, 4) is 0 Å². The van der Waals surface area contributed by atoms with Gasteiger partial charge in [-0.2, -0.15) is 0 Å². The zero-order valence-electron chi connectivity index (χ0n) is 6.17. The Labute approximate surface area is 68.1 Å². The maximum atomic E-state index is 12.8. The average molecular weight is 174 g/mol. The molecule has 1 rings (SSSR count). The SMILES string of the molecule is OC[C@H](O)c1cc(F)ccc1F. The highest BCUT2D eigenvalue weighted by Crippen LogP contribution is 2.17. The molecule has 0 unspecified atom stereocenters. The predicted molar refractivity (Wildman–Crippen MR) is 38.4 cm³/mol. The number of rotatable bonds is 2. The molecule has 0 amide bonds. The number of halogens is 2. The Kier molecular flexibility index (Phi) is 2.73. The molecule has 1 aromatic carbocycles. The van der Waals surface area contributed by atoms with Crippen molar-refractivity contribution in [2.45, 2.75) is 6.10 Å². The van der Waals surface area contributed by atoms with Gasteiger partial charge in [0.25, 0.3) is 0 Å². The molecule has 2 N–H and O–H groups in total. The highest BCUT2D eigenvalue weighted by atomic mass is 19.1. The standard InChI is InChI=1S/C8H8F2O2/c9-5-1-2-7(10)6(3-5)8(12)4-11/h1-3,8,11-12H,4H2/t8-/m0/s1. The van der Waals surface area contributed by atoms with Gasteiger partial charge in [-0.15, -0.1) is 0 Å². The van der Waals surface area contributed by atoms with Crippen LogP contribution in [0.2, 0.25) is 0 Å². The zero-order valence-corrected chi connectivity index (χ0v) is 6.17. The summed E-state index contributed by atoms with van der Waals surface area (Å²) in [5.74, 6) is -1.36. The molecule has 0 aliphatic carbocycles. The summed E-state index contributed by atoms with van der Waals surface area (Å²) < 4.78 is 25.3. The van der Waals surface area contributed by atoms with Crippen LogP contribution in [0.25, 0.3) is 0 Å². The molecule has 0 fully saturated rings. The van der Waals surface area contributed by atoms with Crippen LogP contribution in [0, 0.1) is 11.6 Å². The van der Waals surface area contributed by atoms with Crippen molar-refractivity contribution in [3.63, 3.8) is 0 Å². The number of aliphatic hydroxyl groups excluding tert-OH is 2. The third kappa shape index (κ3) is 1.78. The maximum absolute atomic E-state index is 12.8. The van der Waals surface area contributed by atoms with Gasteiger partial charge < -0.3 is 10.2 Å². The van der Waals surface area contributed by atoms with Crippen LogP contribution >= 0.6 is 0 Å². The molecule has 0 spiro atoms. The molecule has 0 aliphatic rings. The van der Waals surface area contributed by atoms with Crippen LogP contribution in [-0.4, -0.2) is 16.8 Å². The van der Waals surface area contributed by atoms with Gasteiger partial charge in [0.1, 0.15) is 17.7 Å². The van der Waals surface area contributed by atoms with Crippen molar-refractivity contribution in [1.82, 2.24) is 0 Å². The minimum absolute atomic E-state index is 0.225. The normalized spacial score (nSPS) is 13.0. The summed E-state index contributed by atoms with van der Waals surface area (Å²) in [6, 6.07) is 2.71. The molecule has 0 aliphatic heterocycles. The molecule has 2 nitrogen and oxygen atoms in total. The fourth-order valence-electron chi connectivity index (χ4n) is 0.868. The van der Waals surface area contributed by atoms with E-state index in [1.54, 1.807) is 0 Å². The van der Waals surface area contributed by atoms with Crippen molar-refractivity contribution in [2.24, 2.45) is 0 Å². The Morgan fingerprint density at radius 3 is 2.58 bits per heavy atom. The molecular weight excluding hydrogens is 166 g/mol. The Balaban J connectivity index is 3.04. The number of hydrogen-bond acceptors (Lipinski definition) is 2. The minimum atomic E-state index is -1.36. The van der Waals surface area contributed by atoms with Gasteiger partial charge in [0.2, 0.25) is 0 Å². The molecular formula is C8H8F2O2. The number of benzene rings is 1. The molecule has 0 bridgehead atoms. The van der Waals surface area contributed by atoms with E-state index >= 15 is 0 Å². The van der Waals surface area contributed by atoms with Gasteiger partial charge in [0, 0.05) is 5.56 Å². The Morgan fingerprint density at radius 2 is 2.00 bits per heavy atom. The fraction of sp³-hybridized carbons (Fsp3) is 0.250. The van der Waals surface area contributed by atoms with Gasteiger partial charge in [-0.25, -0.2) is 8.78 Å². The molecule has 0 saturated heterocycles. The summed E-state index contributed by atoms with van der Waals surface area (Å²) in [4.78, 5) is 0. The number of aliphatic hydroxyl groups is 2. The average Bonchev–Trinajstić information content (AvgIpc) is 2.08. The molecule has 66 valence electrons. The van der Waals surface area contributed by atoms with Crippen molar-refractivity contribution < 1.29 is 19.0 Å². The monoisotopic (exact) mass is 174 g/mol. The summed E-state index contributed by atoms with van der Waals surface area (Å²) in [6.07, 6.45) is -1.36. The molecule has 0 saturated carbocycles. The van der Waals surface area contributed by atoms with E-state index < -0.39 is 24.3 Å². The van der Waals surface area contributed by atoms with Crippen LogP contribution in [0.4, 0.5) is 8.78 Å². The number of hydrogen-bond donors (Lipinski definition) is 2. The zero-order chi connectivity index (χ0) is 9.14. The summed E-state index contributed by atoms with van der Waals surface area (Å²) >= 11 is 0. The lowest BCUT2D eigenvalue weighted by Gasteiger charge is -2.07. The van der Waals surface area contributed by atoms with Crippen LogP contribution in [0.5, 0.6) is 0 Å². The highest BCUT2D eigenvalue weighted by molar-refractivity contribution is 5.20. The van der Waals surface area contributed by atoms with E-state index in [2.05, 4.69) is 0 Å². The molecule has 0 aromatic heterocycles. The van der Waals surface area contributed by atoms with Crippen LogP contribution in [0.15, 0.2) is 18.2 Å². The largest absolute Gasteiger partial charge is 0.393 e. The van der Waals surface area contributed by atoms with Gasteiger partial charge in [-0.1, -0.05) is 0 Å². The molecule has 12 heavy (non-hydrogen) atoms. The van der Waals surface area contributed by atoms with Gasteiger partial charge in [0.05, 0.1) is 6.61 Å². The van der Waals surface area contributed by atoms with Gasteiger partial charge >= 0.3 is 0 Å². The first-order chi connectivity index (χ1) is 5.65. The van der Waals surface area contributed by atoms with Gasteiger partial charge in [-0.05, 0) is 18.2 Å². The smallest absolute Gasteiger partial charge is 0.129 e. The first-order valence-electron chi connectivity index (χ1n) is 3.39. The second kappa shape index (κ2) is 3.60. The fourth-order valence-corrected chi connectivity index (χ4v) is 0.868. The predicted octanol–water partition coefficient (Wildman–Crippen LogP) is 0.990. The quantitative estimate of drug-likeness (QED) is 0.701. The van der Waals surface area contributed by atoms with Gasteiger partial charge in [-0.3, -0.25) is 0 Å². The summed E-state index contributed by atoms with van der Waals surface area (Å²) in [6.45, 7) is -0.625. The van der Waals surface area contributed by atoms with E-state index in [1.807, 2.05) is 0 Å². The second-order valence-corrected chi connectivity index (χ2v) is 2.36. The van der Waals surface area contributed by atoms with Crippen molar-refractivity contribution in [2.75, 3.05) is 6.61 Å². The topological polar surface area (TPSA) is 40.5 Å². The third-order valence-electron chi connectivity index (χ3n) is 1.49. The third-order valence-corrected chi connectivity index (χ3v) is 1.49. The molecule has 1 aromatic rings. The highest BCUT2D eigenvalue weighted by Gasteiger charge is 2.11. The van der Waals surface area contributed by atoms with Crippen LogP contribution < -0.4 is 0 Å². The lowest BCUT2D eigenvalue weighted by molar-refractivity contribution is 0.0923. The first kappa shape index (κ1) is 9.09. The van der Waals surface area contributed by atoms with E-state index in [0.29, 0.717) is 0 Å². The summed E-state index contributed by atoms with van der Waals surface area (Å²) in [5, 5.41) is 17.4. The molecule has 0 heterocycles. The second-order valence-electron chi connectivity index (χ2n) is 2.36. The van der Waals surface area contributed by atoms with E-state index in [0.717, 1.165) is 18.2 Å². The molecule has 0 radical (unpaired) electrons. The summed E-state index contributed by atoms with van der Waals surface area (Å²) in [5.41, 5.74) is -0.225. The van der Waals surface area contributed by atoms with E-state index in [1.165, 1.54) is 0 Å². The lowest BCUT2D eigenvalue weighted by Crippen LogP contribution is -2.05. The van der Waals surface area contributed by atoms with Crippen molar-refractivity contribution in [1.29, 1.82) is 0 Å². The van der Waals surface area contributed by atoms with Crippen LogP contribution in [0.3, 0.4) is 0 Å². The maximum Gasteiger partial charge on any atom is 0.129 e. The first-order valence-corrected chi connectivity index (χ1v) is 3.39. The van der Waals surface area contributed by atoms with E-state index in [9.17, 15) is 8.78 Å². The van der Waals surface area contributed by atoms with Gasteiger partial charge in [0.15, 0.2) is 0 Å². The van der Waals surface area contributed by atoms with Crippen molar-refractivity contribution >= 4 is 0 Å². The van der Waals surface area contributed by atoms with Crippen LogP contribution in [-0.2, 0) is 0 Å². The minimum Gasteiger partial charge on any atom is -0.393 e. The van der Waals surface area contributed by atoms with Crippen LogP contribution in [0.1, 0.15) is 11.7 Å². The Morgan fingerprint density at radius 1 is 1.33 bits per heavy atom. The Hall–Kier alpha value is -1.00. The van der Waals surface area contributed by atoms with Crippen molar-refractivity contribution in [3.05, 3.63) is 35.4 Å².